The van der Waals surface area contributed by atoms with Gasteiger partial charge in [-0.1, -0.05) is 47.6 Å². The number of halogens is 1. The molecule has 5 nitrogen and oxygen atoms in total. The van der Waals surface area contributed by atoms with Crippen molar-refractivity contribution in [1.82, 2.24) is 14.8 Å². The van der Waals surface area contributed by atoms with Crippen LogP contribution in [0.25, 0.3) is 5.69 Å². The van der Waals surface area contributed by atoms with Crippen molar-refractivity contribution >= 4 is 35.0 Å². The fraction of sp³-hybridized carbons (Fsp3) is 0.167. The SMILES string of the molecule is Cc1cccc(C)c1NC(=O)CSc1nncn1-c1cccc(Cl)c1. The minimum absolute atomic E-state index is 0.0805. The molecule has 0 atom stereocenters. The van der Waals surface area contributed by atoms with Crippen molar-refractivity contribution in [2.45, 2.75) is 19.0 Å². The Balaban J connectivity index is 1.69. The summed E-state index contributed by atoms with van der Waals surface area (Å²) in [6.07, 6.45) is 1.61. The molecular formula is C18H17ClN4OS. The third-order valence-corrected chi connectivity index (χ3v) is 4.86. The Labute approximate surface area is 155 Å². The third-order valence-electron chi connectivity index (χ3n) is 3.68. The largest absolute Gasteiger partial charge is 0.325 e. The van der Waals surface area contributed by atoms with Gasteiger partial charge in [-0.25, -0.2) is 0 Å². The third kappa shape index (κ3) is 4.21. The second-order valence-electron chi connectivity index (χ2n) is 5.57. The summed E-state index contributed by atoms with van der Waals surface area (Å²) in [7, 11) is 0. The van der Waals surface area contributed by atoms with Crippen molar-refractivity contribution in [2.75, 3.05) is 11.1 Å². The van der Waals surface area contributed by atoms with Gasteiger partial charge in [0.25, 0.3) is 0 Å². The predicted molar refractivity (Wildman–Crippen MR) is 102 cm³/mol. The van der Waals surface area contributed by atoms with E-state index in [9.17, 15) is 4.79 Å². The van der Waals surface area contributed by atoms with E-state index in [-0.39, 0.29) is 11.7 Å². The molecule has 0 aliphatic rings. The first-order chi connectivity index (χ1) is 12.0. The average molecular weight is 373 g/mol. The number of anilines is 1. The van der Waals surface area contributed by atoms with Crippen molar-refractivity contribution in [3.05, 3.63) is 64.9 Å². The first kappa shape index (κ1) is 17.5. The van der Waals surface area contributed by atoms with Crippen molar-refractivity contribution in [3.8, 4) is 5.69 Å². The Hall–Kier alpha value is -2.31. The molecule has 0 saturated heterocycles. The maximum Gasteiger partial charge on any atom is 0.234 e. The Morgan fingerprint density at radius 2 is 1.92 bits per heavy atom. The average Bonchev–Trinajstić information content (AvgIpc) is 3.05. The Morgan fingerprint density at radius 3 is 2.64 bits per heavy atom. The first-order valence-electron chi connectivity index (χ1n) is 7.69. The van der Waals surface area contributed by atoms with Gasteiger partial charge in [0.2, 0.25) is 5.91 Å². The van der Waals surface area contributed by atoms with Crippen molar-refractivity contribution in [3.63, 3.8) is 0 Å². The molecule has 1 N–H and O–H groups in total. The molecule has 0 unspecified atom stereocenters. The summed E-state index contributed by atoms with van der Waals surface area (Å²) in [6.45, 7) is 3.96. The molecule has 0 aliphatic heterocycles. The van der Waals surface area contributed by atoms with Crippen LogP contribution in [-0.4, -0.2) is 26.4 Å². The van der Waals surface area contributed by atoms with E-state index in [1.54, 1.807) is 12.4 Å². The monoisotopic (exact) mass is 372 g/mol. The van der Waals surface area contributed by atoms with Gasteiger partial charge in [-0.2, -0.15) is 0 Å². The van der Waals surface area contributed by atoms with Gasteiger partial charge in [-0.3, -0.25) is 9.36 Å². The molecule has 0 radical (unpaired) electrons. The van der Waals surface area contributed by atoms with Crippen LogP contribution in [0, 0.1) is 13.8 Å². The number of carbonyl (C=O) groups is 1. The summed E-state index contributed by atoms with van der Waals surface area (Å²) in [5.41, 5.74) is 3.81. The number of nitrogens with one attached hydrogen (secondary N) is 1. The number of hydrogen-bond acceptors (Lipinski definition) is 4. The van der Waals surface area contributed by atoms with Gasteiger partial charge in [0.1, 0.15) is 6.33 Å². The van der Waals surface area contributed by atoms with Crippen molar-refractivity contribution in [1.29, 1.82) is 0 Å². The van der Waals surface area contributed by atoms with Crippen LogP contribution in [-0.2, 0) is 4.79 Å². The number of para-hydroxylation sites is 1. The Bertz CT molecular complexity index is 889. The lowest BCUT2D eigenvalue weighted by Gasteiger charge is -2.11. The molecule has 0 saturated carbocycles. The minimum atomic E-state index is -0.0805. The zero-order valence-corrected chi connectivity index (χ0v) is 15.4. The zero-order chi connectivity index (χ0) is 17.8. The summed E-state index contributed by atoms with van der Waals surface area (Å²) < 4.78 is 1.81. The van der Waals surface area contributed by atoms with Crippen molar-refractivity contribution in [2.24, 2.45) is 0 Å². The van der Waals surface area contributed by atoms with E-state index < -0.39 is 0 Å². The molecule has 0 aliphatic carbocycles. The molecule has 3 rings (SSSR count). The fourth-order valence-corrected chi connectivity index (χ4v) is 3.36. The Morgan fingerprint density at radius 1 is 1.20 bits per heavy atom. The highest BCUT2D eigenvalue weighted by atomic mass is 35.5. The van der Waals surface area contributed by atoms with Crippen LogP contribution < -0.4 is 5.32 Å². The maximum absolute atomic E-state index is 12.3. The van der Waals surface area contributed by atoms with E-state index in [4.69, 9.17) is 11.6 Å². The van der Waals surface area contributed by atoms with E-state index >= 15 is 0 Å². The van der Waals surface area contributed by atoms with Crippen LogP contribution in [0.2, 0.25) is 5.02 Å². The number of rotatable bonds is 5. The minimum Gasteiger partial charge on any atom is -0.325 e. The smallest absolute Gasteiger partial charge is 0.234 e. The van der Waals surface area contributed by atoms with E-state index in [0.29, 0.717) is 10.2 Å². The molecule has 1 aromatic heterocycles. The topological polar surface area (TPSA) is 59.8 Å². The number of aromatic nitrogens is 3. The number of aryl methyl sites for hydroxylation is 2. The van der Waals surface area contributed by atoms with Gasteiger partial charge in [0.05, 0.1) is 11.4 Å². The number of hydrogen-bond donors (Lipinski definition) is 1. The second kappa shape index (κ2) is 7.72. The molecule has 0 spiro atoms. The second-order valence-corrected chi connectivity index (χ2v) is 6.95. The van der Waals surface area contributed by atoms with Gasteiger partial charge in [-0.15, -0.1) is 10.2 Å². The van der Waals surface area contributed by atoms with Gasteiger partial charge in [0, 0.05) is 10.7 Å². The summed E-state index contributed by atoms with van der Waals surface area (Å²) in [5, 5.41) is 12.3. The molecule has 0 bridgehead atoms. The van der Waals surface area contributed by atoms with E-state index in [1.807, 2.05) is 54.8 Å². The molecule has 3 aromatic rings. The molecule has 1 heterocycles. The van der Waals surface area contributed by atoms with Crippen LogP contribution in [0.4, 0.5) is 5.69 Å². The van der Waals surface area contributed by atoms with Crippen LogP contribution in [0.15, 0.2) is 53.9 Å². The van der Waals surface area contributed by atoms with Gasteiger partial charge >= 0.3 is 0 Å². The van der Waals surface area contributed by atoms with Gasteiger partial charge in [-0.05, 0) is 43.2 Å². The molecule has 0 fully saturated rings. The molecule has 1 amide bonds. The Kier molecular flexibility index (Phi) is 5.40. The molecule has 128 valence electrons. The van der Waals surface area contributed by atoms with E-state index in [0.717, 1.165) is 22.5 Å². The standard InChI is InChI=1S/C18H17ClN4OS/c1-12-5-3-6-13(2)17(12)21-16(24)10-25-18-22-20-11-23(18)15-8-4-7-14(19)9-15/h3-9,11H,10H2,1-2H3,(H,21,24). The highest BCUT2D eigenvalue weighted by Crippen LogP contribution is 2.23. The highest BCUT2D eigenvalue weighted by Gasteiger charge is 2.12. The maximum atomic E-state index is 12.3. The highest BCUT2D eigenvalue weighted by molar-refractivity contribution is 7.99. The lowest BCUT2D eigenvalue weighted by molar-refractivity contribution is -0.113. The molecule has 2 aromatic carbocycles. The number of nitrogens with zero attached hydrogens (tertiary/aromatic N) is 3. The van der Waals surface area contributed by atoms with Crippen LogP contribution >= 0.6 is 23.4 Å². The van der Waals surface area contributed by atoms with Crippen LogP contribution in [0.1, 0.15) is 11.1 Å². The molecule has 7 heteroatoms. The normalized spacial score (nSPS) is 10.7. The summed E-state index contributed by atoms with van der Waals surface area (Å²) in [6, 6.07) is 13.3. The number of amides is 1. The predicted octanol–water partition coefficient (Wildman–Crippen LogP) is 4.27. The number of carbonyl (C=O) groups excluding carboxylic acids is 1. The number of thioether (sulfide) groups is 1. The number of benzene rings is 2. The van der Waals surface area contributed by atoms with E-state index in [2.05, 4.69) is 15.5 Å². The summed E-state index contributed by atoms with van der Waals surface area (Å²) in [4.78, 5) is 12.3. The summed E-state index contributed by atoms with van der Waals surface area (Å²) >= 11 is 7.36. The lowest BCUT2D eigenvalue weighted by atomic mass is 10.1. The molecule has 25 heavy (non-hydrogen) atoms. The van der Waals surface area contributed by atoms with Gasteiger partial charge in [0.15, 0.2) is 5.16 Å². The fourth-order valence-electron chi connectivity index (χ4n) is 2.44. The quantitative estimate of drug-likeness (QED) is 0.679. The van der Waals surface area contributed by atoms with Gasteiger partial charge < -0.3 is 5.32 Å². The first-order valence-corrected chi connectivity index (χ1v) is 9.06. The zero-order valence-electron chi connectivity index (χ0n) is 13.9. The van der Waals surface area contributed by atoms with Crippen LogP contribution in [0.3, 0.4) is 0 Å². The van der Waals surface area contributed by atoms with Crippen LogP contribution in [0.5, 0.6) is 0 Å². The van der Waals surface area contributed by atoms with E-state index in [1.165, 1.54) is 11.8 Å². The summed E-state index contributed by atoms with van der Waals surface area (Å²) in [5.74, 6) is 0.163. The van der Waals surface area contributed by atoms with Crippen molar-refractivity contribution < 1.29 is 4.79 Å². The molecular weight excluding hydrogens is 356 g/mol. The lowest BCUT2D eigenvalue weighted by Crippen LogP contribution is -2.16.